The average Bonchev–Trinajstić information content (AvgIpc) is 2.61. The second-order valence-electron chi connectivity index (χ2n) is 5.61. The van der Waals surface area contributed by atoms with Crippen molar-refractivity contribution in [3.8, 4) is 23.1 Å². The van der Waals surface area contributed by atoms with Crippen LogP contribution in [-0.2, 0) is 0 Å². The third kappa shape index (κ3) is 3.97. The molecule has 0 saturated heterocycles. The first-order chi connectivity index (χ1) is 12.8. The SMILES string of the molecule is Cc1nc(N)nc(-c2ccc(C(=O)O)c(Cl)c2)c1C#Cc1ccc(N)nc1. The van der Waals surface area contributed by atoms with Gasteiger partial charge in [0.1, 0.15) is 5.82 Å². The number of benzene rings is 1. The van der Waals surface area contributed by atoms with Gasteiger partial charge in [0.15, 0.2) is 0 Å². The van der Waals surface area contributed by atoms with Crippen LogP contribution >= 0.6 is 11.6 Å². The molecular weight excluding hydrogens is 366 g/mol. The molecule has 0 amide bonds. The number of rotatable bonds is 2. The third-order valence-electron chi connectivity index (χ3n) is 3.70. The van der Waals surface area contributed by atoms with E-state index in [0.29, 0.717) is 33.9 Å². The van der Waals surface area contributed by atoms with E-state index in [9.17, 15) is 4.79 Å². The minimum Gasteiger partial charge on any atom is -0.478 e. The second-order valence-corrected chi connectivity index (χ2v) is 6.02. The first kappa shape index (κ1) is 18.2. The Kier molecular flexibility index (Phi) is 4.92. The van der Waals surface area contributed by atoms with Crippen LogP contribution in [0.15, 0.2) is 36.5 Å². The summed E-state index contributed by atoms with van der Waals surface area (Å²) in [5.74, 6) is 5.39. The summed E-state index contributed by atoms with van der Waals surface area (Å²) in [6.45, 7) is 1.76. The minimum atomic E-state index is -1.11. The van der Waals surface area contributed by atoms with Crippen LogP contribution in [0.3, 0.4) is 0 Å². The number of carboxylic acid groups (broad SMARTS) is 1. The number of aryl methyl sites for hydroxylation is 1. The lowest BCUT2D eigenvalue weighted by atomic mass is 10.0. The van der Waals surface area contributed by atoms with Crippen LogP contribution < -0.4 is 11.5 Å². The van der Waals surface area contributed by atoms with Gasteiger partial charge in [-0.1, -0.05) is 29.5 Å². The highest BCUT2D eigenvalue weighted by Gasteiger charge is 2.15. The van der Waals surface area contributed by atoms with Gasteiger partial charge in [0, 0.05) is 17.3 Å². The molecule has 1 aromatic carbocycles. The lowest BCUT2D eigenvalue weighted by Crippen LogP contribution is -2.03. The van der Waals surface area contributed by atoms with E-state index in [4.69, 9.17) is 28.2 Å². The van der Waals surface area contributed by atoms with Crippen molar-refractivity contribution in [3.05, 3.63) is 63.9 Å². The average molecular weight is 380 g/mol. The summed E-state index contributed by atoms with van der Waals surface area (Å²) in [6.07, 6.45) is 1.56. The zero-order valence-corrected chi connectivity index (χ0v) is 14.9. The number of anilines is 2. The van der Waals surface area contributed by atoms with Gasteiger partial charge < -0.3 is 16.6 Å². The Hall–Kier alpha value is -3.63. The van der Waals surface area contributed by atoms with Crippen LogP contribution in [0.5, 0.6) is 0 Å². The number of nitrogen functional groups attached to an aromatic ring is 2. The molecule has 7 nitrogen and oxygen atoms in total. The standard InChI is InChI=1S/C19H14ClN5O2/c1-10-13(5-2-11-3-7-16(21)23-9-11)17(25-19(22)24-10)12-4-6-14(18(26)27)15(20)8-12/h3-4,6-9H,1H3,(H2,21,23)(H,26,27)(H2,22,24,25). The maximum atomic E-state index is 11.2. The van der Waals surface area contributed by atoms with E-state index < -0.39 is 5.97 Å². The molecule has 0 bridgehead atoms. The van der Waals surface area contributed by atoms with Crippen molar-refractivity contribution in [2.24, 2.45) is 0 Å². The summed E-state index contributed by atoms with van der Waals surface area (Å²) >= 11 is 6.08. The molecule has 0 radical (unpaired) electrons. The van der Waals surface area contributed by atoms with Crippen LogP contribution in [-0.4, -0.2) is 26.0 Å². The van der Waals surface area contributed by atoms with Crippen molar-refractivity contribution in [1.82, 2.24) is 15.0 Å². The zero-order valence-electron chi connectivity index (χ0n) is 14.2. The Morgan fingerprint density at radius 3 is 2.56 bits per heavy atom. The van der Waals surface area contributed by atoms with Gasteiger partial charge in [-0.05, 0) is 31.2 Å². The van der Waals surface area contributed by atoms with Crippen molar-refractivity contribution in [2.45, 2.75) is 6.92 Å². The molecule has 0 fully saturated rings. The van der Waals surface area contributed by atoms with E-state index in [1.54, 1.807) is 31.3 Å². The van der Waals surface area contributed by atoms with Gasteiger partial charge in [0.05, 0.1) is 27.5 Å². The van der Waals surface area contributed by atoms with E-state index in [0.717, 1.165) is 0 Å². The molecule has 8 heteroatoms. The molecule has 0 aliphatic rings. The number of halogens is 1. The van der Waals surface area contributed by atoms with E-state index >= 15 is 0 Å². The molecule has 0 atom stereocenters. The molecule has 2 heterocycles. The molecule has 0 aliphatic heterocycles. The van der Waals surface area contributed by atoms with Gasteiger partial charge >= 0.3 is 5.97 Å². The first-order valence-corrected chi connectivity index (χ1v) is 8.14. The molecule has 0 spiro atoms. The molecule has 0 unspecified atom stereocenters. The van der Waals surface area contributed by atoms with Gasteiger partial charge in [-0.25, -0.2) is 19.7 Å². The lowest BCUT2D eigenvalue weighted by Gasteiger charge is -2.09. The highest BCUT2D eigenvalue weighted by atomic mass is 35.5. The van der Waals surface area contributed by atoms with Crippen molar-refractivity contribution in [1.29, 1.82) is 0 Å². The number of hydrogen-bond acceptors (Lipinski definition) is 6. The van der Waals surface area contributed by atoms with Crippen LogP contribution in [0.4, 0.5) is 11.8 Å². The predicted octanol–water partition coefficient (Wildman–Crippen LogP) is 2.76. The molecule has 134 valence electrons. The fourth-order valence-corrected chi connectivity index (χ4v) is 2.66. The number of pyridine rings is 1. The van der Waals surface area contributed by atoms with Crippen molar-refractivity contribution in [3.63, 3.8) is 0 Å². The number of carboxylic acids is 1. The normalized spacial score (nSPS) is 10.1. The molecule has 3 rings (SSSR count). The molecular formula is C19H14ClN5O2. The Labute approximate surface area is 160 Å². The van der Waals surface area contributed by atoms with Crippen LogP contribution in [0.25, 0.3) is 11.3 Å². The van der Waals surface area contributed by atoms with Crippen LogP contribution in [0, 0.1) is 18.8 Å². The van der Waals surface area contributed by atoms with Crippen molar-refractivity contribution in [2.75, 3.05) is 11.5 Å². The van der Waals surface area contributed by atoms with Crippen LogP contribution in [0.2, 0.25) is 5.02 Å². The number of aromatic carboxylic acids is 1. The van der Waals surface area contributed by atoms with Crippen molar-refractivity contribution >= 4 is 29.3 Å². The summed E-state index contributed by atoms with van der Waals surface area (Å²) in [7, 11) is 0. The second kappa shape index (κ2) is 7.32. The molecule has 3 aromatic rings. The van der Waals surface area contributed by atoms with Gasteiger partial charge in [0.2, 0.25) is 5.95 Å². The molecule has 2 aromatic heterocycles. The largest absolute Gasteiger partial charge is 0.478 e. The van der Waals surface area contributed by atoms with E-state index in [1.807, 2.05) is 0 Å². The fourth-order valence-electron chi connectivity index (χ4n) is 2.40. The molecule has 27 heavy (non-hydrogen) atoms. The molecule has 0 saturated carbocycles. The number of nitrogens with zero attached hydrogens (tertiary/aromatic N) is 3. The van der Waals surface area contributed by atoms with Crippen molar-refractivity contribution < 1.29 is 9.90 Å². The smallest absolute Gasteiger partial charge is 0.337 e. The predicted molar refractivity (Wildman–Crippen MR) is 103 cm³/mol. The van der Waals surface area contributed by atoms with Crippen LogP contribution in [0.1, 0.15) is 27.2 Å². The number of hydrogen-bond donors (Lipinski definition) is 3. The molecule has 5 N–H and O–H groups in total. The summed E-state index contributed by atoms with van der Waals surface area (Å²) in [5, 5.41) is 9.23. The summed E-state index contributed by atoms with van der Waals surface area (Å²) in [6, 6.07) is 7.94. The van der Waals surface area contributed by atoms with E-state index in [2.05, 4.69) is 26.8 Å². The monoisotopic (exact) mass is 379 g/mol. The highest BCUT2D eigenvalue weighted by Crippen LogP contribution is 2.28. The maximum absolute atomic E-state index is 11.2. The van der Waals surface area contributed by atoms with E-state index in [-0.39, 0.29) is 16.5 Å². The Morgan fingerprint density at radius 2 is 1.93 bits per heavy atom. The number of carbonyl (C=O) groups is 1. The highest BCUT2D eigenvalue weighted by molar-refractivity contribution is 6.33. The van der Waals surface area contributed by atoms with E-state index in [1.165, 1.54) is 12.1 Å². The third-order valence-corrected chi connectivity index (χ3v) is 4.01. The first-order valence-electron chi connectivity index (χ1n) is 7.76. The van der Waals surface area contributed by atoms with Gasteiger partial charge in [-0.2, -0.15) is 0 Å². The molecule has 0 aliphatic carbocycles. The maximum Gasteiger partial charge on any atom is 0.337 e. The lowest BCUT2D eigenvalue weighted by molar-refractivity contribution is 0.0697. The van der Waals surface area contributed by atoms with Gasteiger partial charge in [-0.3, -0.25) is 0 Å². The topological polar surface area (TPSA) is 128 Å². The number of nitrogens with two attached hydrogens (primary N) is 2. The van der Waals surface area contributed by atoms with Gasteiger partial charge in [-0.15, -0.1) is 0 Å². The summed E-state index contributed by atoms with van der Waals surface area (Å²) in [5.41, 5.74) is 14.2. The summed E-state index contributed by atoms with van der Waals surface area (Å²) in [4.78, 5) is 23.6. The Bertz CT molecular complexity index is 1100. The summed E-state index contributed by atoms with van der Waals surface area (Å²) < 4.78 is 0. The number of aromatic nitrogens is 3. The fraction of sp³-hybridized carbons (Fsp3) is 0.0526. The minimum absolute atomic E-state index is 0.000232. The quantitative estimate of drug-likeness (QED) is 0.584. The van der Waals surface area contributed by atoms with Gasteiger partial charge in [0.25, 0.3) is 0 Å². The Balaban J connectivity index is 2.13. The Morgan fingerprint density at radius 1 is 1.15 bits per heavy atom. The zero-order chi connectivity index (χ0) is 19.6.